The lowest BCUT2D eigenvalue weighted by Crippen LogP contribution is -2.29. The van der Waals surface area contributed by atoms with Crippen molar-refractivity contribution in [2.45, 2.75) is 45.2 Å². The van der Waals surface area contributed by atoms with Crippen molar-refractivity contribution in [1.82, 2.24) is 5.32 Å². The van der Waals surface area contributed by atoms with Crippen molar-refractivity contribution in [2.75, 3.05) is 7.11 Å². The fourth-order valence-electron chi connectivity index (χ4n) is 2.92. The first-order chi connectivity index (χ1) is 14.5. The maximum atomic E-state index is 12.7. The molecule has 0 aliphatic rings. The summed E-state index contributed by atoms with van der Waals surface area (Å²) in [7, 11) is 1.46. The fraction of sp³-hybridized carbons (Fsp3) is 0.364. The monoisotopic (exact) mass is 439 g/mol. The molecule has 2 aromatic carbocycles. The van der Waals surface area contributed by atoms with Crippen LogP contribution in [-0.2, 0) is 28.7 Å². The number of hydrogen-bond donors (Lipinski definition) is 2. The Balaban J connectivity index is 2.12. The number of ether oxygens (including phenoxy) is 2. The Morgan fingerprint density at radius 3 is 2.26 bits per heavy atom. The third kappa shape index (κ3) is 6.99. The predicted octanol–water partition coefficient (Wildman–Crippen LogP) is 4.06. The van der Waals surface area contributed by atoms with Gasteiger partial charge in [-0.1, -0.05) is 12.1 Å². The van der Waals surface area contributed by atoms with Gasteiger partial charge in [0.25, 0.3) is 5.91 Å². The number of nitrogens with one attached hydrogen (secondary N) is 1. The molecule has 2 N–H and O–H groups in total. The predicted molar refractivity (Wildman–Crippen MR) is 107 cm³/mol. The van der Waals surface area contributed by atoms with E-state index >= 15 is 0 Å². The Kier molecular flexibility index (Phi) is 8.04. The molecule has 1 atom stereocenters. The van der Waals surface area contributed by atoms with Crippen molar-refractivity contribution < 1.29 is 37.3 Å². The van der Waals surface area contributed by atoms with Crippen molar-refractivity contribution in [2.24, 2.45) is 0 Å². The summed E-state index contributed by atoms with van der Waals surface area (Å²) in [4.78, 5) is 23.7. The standard InChI is InChI=1S/C22H24F3NO5/c1-13(2)31-19(21(28)29)11-14-4-9-18(30-3)16(10-14)12-26-20(27)15-5-7-17(8-6-15)22(23,24)25/h4-10,13,19H,11-12H2,1-3H3,(H,26,27)(H,28,29). The molecule has 0 aliphatic heterocycles. The number of methoxy groups -OCH3 is 1. The molecule has 9 heteroatoms. The van der Waals surface area contributed by atoms with Crippen molar-refractivity contribution in [3.63, 3.8) is 0 Å². The zero-order chi connectivity index (χ0) is 23.2. The summed E-state index contributed by atoms with van der Waals surface area (Å²) in [6.07, 6.45) is -5.64. The third-order valence-electron chi connectivity index (χ3n) is 4.39. The van der Waals surface area contributed by atoms with E-state index in [0.29, 0.717) is 16.9 Å². The van der Waals surface area contributed by atoms with Crippen LogP contribution in [0.4, 0.5) is 13.2 Å². The summed E-state index contributed by atoms with van der Waals surface area (Å²) in [5.74, 6) is -1.15. The third-order valence-corrected chi connectivity index (χ3v) is 4.39. The van der Waals surface area contributed by atoms with Gasteiger partial charge in [0.15, 0.2) is 6.10 Å². The lowest BCUT2D eigenvalue weighted by molar-refractivity contribution is -0.153. The first-order valence-corrected chi connectivity index (χ1v) is 9.50. The van der Waals surface area contributed by atoms with E-state index in [1.165, 1.54) is 7.11 Å². The molecule has 0 radical (unpaired) electrons. The first kappa shape index (κ1) is 24.2. The molecule has 31 heavy (non-hydrogen) atoms. The highest BCUT2D eigenvalue weighted by Gasteiger charge is 2.30. The zero-order valence-electron chi connectivity index (χ0n) is 17.3. The van der Waals surface area contributed by atoms with Crippen LogP contribution in [-0.4, -0.2) is 36.3 Å². The molecule has 0 aliphatic carbocycles. The number of carboxylic acid groups (broad SMARTS) is 1. The average Bonchev–Trinajstić information content (AvgIpc) is 2.70. The molecule has 0 bridgehead atoms. The number of rotatable bonds is 9. The van der Waals surface area contributed by atoms with Crippen LogP contribution in [0.2, 0.25) is 0 Å². The minimum absolute atomic E-state index is 0.0413. The number of carboxylic acids is 1. The molecule has 0 aromatic heterocycles. The summed E-state index contributed by atoms with van der Waals surface area (Å²) in [6.45, 7) is 3.53. The van der Waals surface area contributed by atoms with E-state index in [2.05, 4.69) is 5.32 Å². The molecule has 0 spiro atoms. The van der Waals surface area contributed by atoms with Gasteiger partial charge >= 0.3 is 12.1 Å². The van der Waals surface area contributed by atoms with Gasteiger partial charge in [0, 0.05) is 24.1 Å². The second-order valence-corrected chi connectivity index (χ2v) is 7.12. The van der Waals surface area contributed by atoms with E-state index in [-0.39, 0.29) is 24.6 Å². The van der Waals surface area contributed by atoms with Gasteiger partial charge in [0.05, 0.1) is 18.8 Å². The smallest absolute Gasteiger partial charge is 0.416 e. The Bertz CT molecular complexity index is 910. The van der Waals surface area contributed by atoms with Crippen molar-refractivity contribution >= 4 is 11.9 Å². The van der Waals surface area contributed by atoms with E-state index in [1.807, 2.05) is 0 Å². The minimum Gasteiger partial charge on any atom is -0.496 e. The Morgan fingerprint density at radius 2 is 1.74 bits per heavy atom. The Hall–Kier alpha value is -3.07. The Labute approximate surface area is 178 Å². The quantitative estimate of drug-likeness (QED) is 0.616. The Morgan fingerprint density at radius 1 is 1.10 bits per heavy atom. The van der Waals surface area contributed by atoms with Gasteiger partial charge < -0.3 is 19.9 Å². The maximum Gasteiger partial charge on any atom is 0.416 e. The average molecular weight is 439 g/mol. The van der Waals surface area contributed by atoms with Crippen LogP contribution < -0.4 is 10.1 Å². The molecular formula is C22H24F3NO5. The second kappa shape index (κ2) is 10.3. The van der Waals surface area contributed by atoms with Crippen LogP contribution in [0.3, 0.4) is 0 Å². The maximum absolute atomic E-state index is 12.7. The van der Waals surface area contributed by atoms with E-state index < -0.39 is 29.7 Å². The van der Waals surface area contributed by atoms with Crippen LogP contribution in [0.5, 0.6) is 5.75 Å². The van der Waals surface area contributed by atoms with E-state index in [4.69, 9.17) is 9.47 Å². The van der Waals surface area contributed by atoms with Crippen LogP contribution in [0.25, 0.3) is 0 Å². The van der Waals surface area contributed by atoms with Gasteiger partial charge in [-0.25, -0.2) is 4.79 Å². The van der Waals surface area contributed by atoms with Gasteiger partial charge in [-0.3, -0.25) is 4.79 Å². The lowest BCUT2D eigenvalue weighted by atomic mass is 10.0. The summed E-state index contributed by atoms with van der Waals surface area (Å²) < 4.78 is 48.7. The number of alkyl halides is 3. The normalized spacial score (nSPS) is 12.5. The molecule has 0 saturated carbocycles. The molecule has 1 amide bonds. The highest BCUT2D eigenvalue weighted by Crippen LogP contribution is 2.29. The number of carbonyl (C=O) groups is 2. The molecule has 1 unspecified atom stereocenters. The zero-order valence-corrected chi connectivity index (χ0v) is 17.3. The first-order valence-electron chi connectivity index (χ1n) is 9.50. The molecule has 168 valence electrons. The fourth-order valence-corrected chi connectivity index (χ4v) is 2.92. The summed E-state index contributed by atoms with van der Waals surface area (Å²) in [5, 5.41) is 12.0. The van der Waals surface area contributed by atoms with Gasteiger partial charge in [0.2, 0.25) is 0 Å². The highest BCUT2D eigenvalue weighted by atomic mass is 19.4. The molecular weight excluding hydrogens is 415 g/mol. The topological polar surface area (TPSA) is 84.9 Å². The summed E-state index contributed by atoms with van der Waals surface area (Å²) in [5.41, 5.74) is 0.510. The second-order valence-electron chi connectivity index (χ2n) is 7.12. The van der Waals surface area contributed by atoms with Gasteiger partial charge in [-0.2, -0.15) is 13.2 Å². The molecule has 2 rings (SSSR count). The largest absolute Gasteiger partial charge is 0.496 e. The van der Waals surface area contributed by atoms with E-state index in [1.54, 1.807) is 32.0 Å². The molecule has 0 fully saturated rings. The van der Waals surface area contributed by atoms with Gasteiger partial charge in [-0.05, 0) is 49.7 Å². The van der Waals surface area contributed by atoms with Crippen LogP contribution >= 0.6 is 0 Å². The molecule has 6 nitrogen and oxygen atoms in total. The van der Waals surface area contributed by atoms with Crippen LogP contribution in [0, 0.1) is 0 Å². The number of hydrogen-bond acceptors (Lipinski definition) is 4. The van der Waals surface area contributed by atoms with Crippen molar-refractivity contribution in [3.8, 4) is 5.75 Å². The summed E-state index contributed by atoms with van der Waals surface area (Å²) >= 11 is 0. The number of halogens is 3. The van der Waals surface area contributed by atoms with Crippen molar-refractivity contribution in [3.05, 3.63) is 64.7 Å². The minimum atomic E-state index is -4.48. The molecule has 0 saturated heterocycles. The summed E-state index contributed by atoms with van der Waals surface area (Å²) in [6, 6.07) is 8.96. The molecule has 2 aromatic rings. The van der Waals surface area contributed by atoms with E-state index in [9.17, 15) is 27.9 Å². The van der Waals surface area contributed by atoms with Crippen molar-refractivity contribution in [1.29, 1.82) is 0 Å². The number of amides is 1. The lowest BCUT2D eigenvalue weighted by Gasteiger charge is -2.18. The highest BCUT2D eigenvalue weighted by molar-refractivity contribution is 5.94. The molecule has 0 heterocycles. The van der Waals surface area contributed by atoms with Crippen LogP contribution in [0.1, 0.15) is 40.9 Å². The van der Waals surface area contributed by atoms with Gasteiger partial charge in [0.1, 0.15) is 5.75 Å². The number of benzene rings is 2. The number of carbonyl (C=O) groups excluding carboxylic acids is 1. The SMILES string of the molecule is COc1ccc(CC(OC(C)C)C(=O)O)cc1CNC(=O)c1ccc(C(F)(F)F)cc1. The van der Waals surface area contributed by atoms with E-state index in [0.717, 1.165) is 24.3 Å². The number of aliphatic carboxylic acids is 1. The van der Waals surface area contributed by atoms with Crippen LogP contribution in [0.15, 0.2) is 42.5 Å². The van der Waals surface area contributed by atoms with Gasteiger partial charge in [-0.15, -0.1) is 0 Å².